The first-order chi connectivity index (χ1) is 11.8. The topological polar surface area (TPSA) is 72.0 Å². The molecule has 0 saturated heterocycles. The molecule has 0 aliphatic heterocycles. The Morgan fingerprint density at radius 1 is 1.16 bits per heavy atom. The van der Waals surface area contributed by atoms with Crippen LogP contribution in [0.1, 0.15) is 5.56 Å². The third-order valence-electron chi connectivity index (χ3n) is 3.73. The maximum atomic E-state index is 13.3. The quantitative estimate of drug-likeness (QED) is 0.678. The van der Waals surface area contributed by atoms with Crippen LogP contribution in [0.25, 0.3) is 10.9 Å². The predicted molar refractivity (Wildman–Crippen MR) is 98.9 cm³/mol. The smallest absolute Gasteiger partial charge is 0.175 e. The van der Waals surface area contributed by atoms with Crippen LogP contribution in [0.4, 0.5) is 10.2 Å². The van der Waals surface area contributed by atoms with E-state index in [2.05, 4.69) is 31.2 Å². The van der Waals surface area contributed by atoms with Crippen molar-refractivity contribution in [2.45, 2.75) is 11.3 Å². The van der Waals surface area contributed by atoms with Crippen molar-refractivity contribution in [2.75, 3.05) is 18.1 Å². The third kappa shape index (κ3) is 4.13. The number of nitrogens with zero attached hydrogens (tertiary/aromatic N) is 2. The number of sulfone groups is 1. The summed E-state index contributed by atoms with van der Waals surface area (Å²) in [4.78, 5) is 8.59. The zero-order valence-corrected chi connectivity index (χ0v) is 15.7. The van der Waals surface area contributed by atoms with E-state index in [1.807, 2.05) is 0 Å². The van der Waals surface area contributed by atoms with E-state index in [0.29, 0.717) is 34.2 Å². The molecule has 0 amide bonds. The predicted octanol–water partition coefficient (Wildman–Crippen LogP) is 3.59. The molecule has 0 aliphatic rings. The highest BCUT2D eigenvalue weighted by atomic mass is 79.9. The fourth-order valence-electron chi connectivity index (χ4n) is 2.43. The van der Waals surface area contributed by atoms with Crippen molar-refractivity contribution in [2.24, 2.45) is 0 Å². The Balaban J connectivity index is 1.82. The normalized spacial score (nSPS) is 11.6. The van der Waals surface area contributed by atoms with Crippen LogP contribution < -0.4 is 5.32 Å². The first kappa shape index (κ1) is 17.8. The monoisotopic (exact) mass is 423 g/mol. The molecular formula is C17H15BrFN3O2S. The van der Waals surface area contributed by atoms with E-state index < -0.39 is 9.84 Å². The van der Waals surface area contributed by atoms with Crippen LogP contribution >= 0.6 is 15.9 Å². The van der Waals surface area contributed by atoms with Crippen LogP contribution in [-0.4, -0.2) is 31.2 Å². The SMILES string of the molecule is CS(=O)(=O)c1ccc2ncnc(NCCc3ccc(F)c(Br)c3)c2c1. The highest BCUT2D eigenvalue weighted by Crippen LogP contribution is 2.23. The zero-order valence-electron chi connectivity index (χ0n) is 13.3. The summed E-state index contributed by atoms with van der Waals surface area (Å²) in [7, 11) is -3.31. The third-order valence-corrected chi connectivity index (χ3v) is 5.44. The maximum Gasteiger partial charge on any atom is 0.175 e. The number of anilines is 1. The molecular weight excluding hydrogens is 409 g/mol. The Kier molecular flexibility index (Phi) is 5.01. The minimum absolute atomic E-state index is 0.223. The van der Waals surface area contributed by atoms with Crippen molar-refractivity contribution in [1.82, 2.24) is 9.97 Å². The van der Waals surface area contributed by atoms with Crippen LogP contribution in [0, 0.1) is 5.82 Å². The lowest BCUT2D eigenvalue weighted by molar-refractivity contribution is 0.602. The lowest BCUT2D eigenvalue weighted by Gasteiger charge is -2.09. The minimum atomic E-state index is -3.31. The second kappa shape index (κ2) is 7.05. The Morgan fingerprint density at radius 3 is 2.68 bits per heavy atom. The van der Waals surface area contributed by atoms with Gasteiger partial charge in [0, 0.05) is 18.2 Å². The lowest BCUT2D eigenvalue weighted by atomic mass is 10.1. The molecule has 1 aromatic heterocycles. The highest BCUT2D eigenvalue weighted by Gasteiger charge is 2.11. The minimum Gasteiger partial charge on any atom is -0.369 e. The summed E-state index contributed by atoms with van der Waals surface area (Å²) in [5.74, 6) is 0.267. The van der Waals surface area contributed by atoms with Crippen molar-refractivity contribution in [1.29, 1.82) is 0 Å². The molecule has 0 unspecified atom stereocenters. The first-order valence-corrected chi connectivity index (χ1v) is 10.2. The summed E-state index contributed by atoms with van der Waals surface area (Å²) in [6.45, 7) is 0.563. The summed E-state index contributed by atoms with van der Waals surface area (Å²) < 4.78 is 37.2. The van der Waals surface area contributed by atoms with Gasteiger partial charge in [0.05, 0.1) is 14.9 Å². The molecule has 1 N–H and O–H groups in total. The van der Waals surface area contributed by atoms with Crippen molar-refractivity contribution in [3.05, 3.63) is 58.6 Å². The van der Waals surface area contributed by atoms with Gasteiger partial charge in [0.15, 0.2) is 9.84 Å². The van der Waals surface area contributed by atoms with E-state index in [1.165, 1.54) is 18.5 Å². The Bertz CT molecular complexity index is 1040. The lowest BCUT2D eigenvalue weighted by Crippen LogP contribution is -2.07. The molecule has 0 spiro atoms. The Hall–Kier alpha value is -2.06. The van der Waals surface area contributed by atoms with E-state index in [1.54, 1.807) is 24.3 Å². The summed E-state index contributed by atoms with van der Waals surface area (Å²) in [6.07, 6.45) is 3.26. The number of halogens is 2. The van der Waals surface area contributed by atoms with Gasteiger partial charge in [0.1, 0.15) is 18.0 Å². The number of benzene rings is 2. The van der Waals surface area contributed by atoms with Crippen molar-refractivity contribution in [3.8, 4) is 0 Å². The fourth-order valence-corrected chi connectivity index (χ4v) is 3.50. The highest BCUT2D eigenvalue weighted by molar-refractivity contribution is 9.10. The standard InChI is InChI=1S/C17H15BrFN3O2S/c1-25(23,24)12-3-5-16-13(9-12)17(22-10-21-16)20-7-6-11-2-4-15(19)14(18)8-11/h2-5,8-10H,6-7H2,1H3,(H,20,21,22). The van der Waals surface area contributed by atoms with Crippen molar-refractivity contribution < 1.29 is 12.8 Å². The second-order valence-electron chi connectivity index (χ2n) is 5.60. The molecule has 5 nitrogen and oxygen atoms in total. The van der Waals surface area contributed by atoms with Gasteiger partial charge in [-0.3, -0.25) is 0 Å². The van der Waals surface area contributed by atoms with E-state index in [0.717, 1.165) is 11.8 Å². The number of rotatable bonds is 5. The molecule has 0 fully saturated rings. The summed E-state index contributed by atoms with van der Waals surface area (Å²) in [6, 6.07) is 9.64. The molecule has 2 aromatic carbocycles. The molecule has 0 aliphatic carbocycles. The maximum absolute atomic E-state index is 13.3. The Morgan fingerprint density at radius 2 is 1.96 bits per heavy atom. The van der Waals surface area contributed by atoms with E-state index >= 15 is 0 Å². The molecule has 25 heavy (non-hydrogen) atoms. The largest absolute Gasteiger partial charge is 0.369 e. The van der Waals surface area contributed by atoms with Gasteiger partial charge in [0.25, 0.3) is 0 Å². The number of aromatic nitrogens is 2. The van der Waals surface area contributed by atoms with Crippen LogP contribution in [0.15, 0.2) is 52.1 Å². The number of hydrogen-bond acceptors (Lipinski definition) is 5. The number of hydrogen-bond donors (Lipinski definition) is 1. The molecule has 8 heteroatoms. The molecule has 0 bridgehead atoms. The van der Waals surface area contributed by atoms with Gasteiger partial charge in [-0.05, 0) is 58.2 Å². The average molecular weight is 424 g/mol. The van der Waals surface area contributed by atoms with E-state index in [4.69, 9.17) is 0 Å². The van der Waals surface area contributed by atoms with E-state index in [9.17, 15) is 12.8 Å². The van der Waals surface area contributed by atoms with Gasteiger partial charge in [0.2, 0.25) is 0 Å². The van der Waals surface area contributed by atoms with Crippen molar-refractivity contribution in [3.63, 3.8) is 0 Å². The van der Waals surface area contributed by atoms with Gasteiger partial charge >= 0.3 is 0 Å². The molecule has 0 atom stereocenters. The first-order valence-electron chi connectivity index (χ1n) is 7.47. The molecule has 0 saturated carbocycles. The van der Waals surface area contributed by atoms with Gasteiger partial charge in [-0.15, -0.1) is 0 Å². The van der Waals surface area contributed by atoms with Gasteiger partial charge < -0.3 is 5.32 Å². The van der Waals surface area contributed by atoms with Gasteiger partial charge in [-0.1, -0.05) is 6.07 Å². The van der Waals surface area contributed by atoms with Crippen LogP contribution in [-0.2, 0) is 16.3 Å². The number of nitrogens with one attached hydrogen (secondary N) is 1. The summed E-state index contributed by atoms with van der Waals surface area (Å²) in [5.41, 5.74) is 1.63. The molecule has 3 aromatic rings. The summed E-state index contributed by atoms with van der Waals surface area (Å²) in [5, 5.41) is 3.84. The second-order valence-corrected chi connectivity index (χ2v) is 8.47. The number of fused-ring (bicyclic) bond motifs is 1. The van der Waals surface area contributed by atoms with Crippen LogP contribution in [0.3, 0.4) is 0 Å². The van der Waals surface area contributed by atoms with E-state index in [-0.39, 0.29) is 10.7 Å². The Labute approximate surface area is 153 Å². The average Bonchev–Trinajstić information content (AvgIpc) is 2.57. The molecule has 3 rings (SSSR count). The van der Waals surface area contributed by atoms with Crippen LogP contribution in [0.2, 0.25) is 0 Å². The van der Waals surface area contributed by atoms with Gasteiger partial charge in [-0.25, -0.2) is 22.8 Å². The molecule has 0 radical (unpaired) electrons. The molecule has 130 valence electrons. The zero-order chi connectivity index (χ0) is 18.0. The van der Waals surface area contributed by atoms with Crippen LogP contribution in [0.5, 0.6) is 0 Å². The van der Waals surface area contributed by atoms with Gasteiger partial charge in [-0.2, -0.15) is 0 Å². The summed E-state index contributed by atoms with van der Waals surface area (Å²) >= 11 is 3.17. The fraction of sp³-hybridized carbons (Fsp3) is 0.176. The molecule has 1 heterocycles. The van der Waals surface area contributed by atoms with Crippen molar-refractivity contribution >= 4 is 42.5 Å².